The van der Waals surface area contributed by atoms with E-state index >= 15 is 0 Å². The summed E-state index contributed by atoms with van der Waals surface area (Å²) in [5.74, 6) is -0.184. The van der Waals surface area contributed by atoms with Crippen LogP contribution in [0.1, 0.15) is 11.4 Å². The molecule has 0 bridgehead atoms. The molecule has 1 aromatic heterocycles. The highest BCUT2D eigenvalue weighted by Gasteiger charge is 2.15. The summed E-state index contributed by atoms with van der Waals surface area (Å²) in [6.45, 7) is 1.26. The Hall–Kier alpha value is -3.76. The predicted octanol–water partition coefficient (Wildman–Crippen LogP) is 5.17. The number of fused-ring (bicyclic) bond motifs is 1. The van der Waals surface area contributed by atoms with Crippen molar-refractivity contribution in [3.63, 3.8) is 0 Å². The normalized spacial score (nSPS) is 11.1. The number of carbonyl (C=O) groups is 1. The van der Waals surface area contributed by atoms with Crippen LogP contribution in [0, 0.1) is 12.7 Å². The Balaban J connectivity index is 1.64. The fraction of sp³-hybridized carbons (Fsp3) is 0.120. The van der Waals surface area contributed by atoms with E-state index in [2.05, 4.69) is 31.3 Å². The second-order valence-electron chi connectivity index (χ2n) is 7.56. The quantitative estimate of drug-likeness (QED) is 0.308. The van der Waals surface area contributed by atoms with Crippen LogP contribution in [0.3, 0.4) is 0 Å². The van der Waals surface area contributed by atoms with E-state index in [0.717, 1.165) is 9.15 Å². The average Bonchev–Trinajstić information content (AvgIpc) is 2.83. The number of rotatable bonds is 7. The van der Waals surface area contributed by atoms with E-state index in [1.54, 1.807) is 37.3 Å². The molecule has 0 atom stereocenters. The van der Waals surface area contributed by atoms with Crippen molar-refractivity contribution >= 4 is 56.2 Å². The van der Waals surface area contributed by atoms with Crippen LogP contribution in [0.4, 0.5) is 10.1 Å². The number of halogens is 3. The maximum atomic E-state index is 13.4. The van der Waals surface area contributed by atoms with Gasteiger partial charge in [-0.1, -0.05) is 33.6 Å². The van der Waals surface area contributed by atoms with Gasteiger partial charge in [-0.25, -0.2) is 9.37 Å². The Labute approximate surface area is 218 Å². The van der Waals surface area contributed by atoms with Crippen LogP contribution in [-0.2, 0) is 4.79 Å². The Morgan fingerprint density at radius 3 is 2.81 bits per heavy atom. The maximum absolute atomic E-state index is 13.4. The van der Waals surface area contributed by atoms with Gasteiger partial charge in [-0.3, -0.25) is 9.59 Å². The monoisotopic (exact) mass is 572 g/mol. The summed E-state index contributed by atoms with van der Waals surface area (Å²) >= 11 is 9.59. The number of anilines is 1. The fourth-order valence-electron chi connectivity index (χ4n) is 3.41. The van der Waals surface area contributed by atoms with Crippen molar-refractivity contribution in [2.45, 2.75) is 6.92 Å². The highest BCUT2D eigenvalue weighted by Crippen LogP contribution is 2.34. The first-order valence-electron chi connectivity index (χ1n) is 10.5. The van der Waals surface area contributed by atoms with Gasteiger partial charge in [0.05, 0.1) is 24.2 Å². The summed E-state index contributed by atoms with van der Waals surface area (Å²) in [4.78, 5) is 29.9. The van der Waals surface area contributed by atoms with Crippen LogP contribution in [-0.4, -0.2) is 35.5 Å². The minimum Gasteiger partial charge on any atom is -0.493 e. The number of nitrogens with zero attached hydrogens (tertiary/aromatic N) is 3. The zero-order chi connectivity index (χ0) is 25.8. The largest absolute Gasteiger partial charge is 0.493 e. The van der Waals surface area contributed by atoms with E-state index in [9.17, 15) is 14.0 Å². The number of carbonyl (C=O) groups excluding carboxylic acids is 1. The molecule has 1 N–H and O–H groups in total. The lowest BCUT2D eigenvalue weighted by Gasteiger charge is -2.14. The summed E-state index contributed by atoms with van der Waals surface area (Å²) in [6, 6.07) is 13.8. The van der Waals surface area contributed by atoms with Crippen LogP contribution in [0.5, 0.6) is 11.5 Å². The van der Waals surface area contributed by atoms with E-state index in [-0.39, 0.29) is 17.1 Å². The maximum Gasteiger partial charge on any atom is 0.282 e. The molecule has 184 valence electrons. The molecule has 0 fully saturated rings. The van der Waals surface area contributed by atoms with E-state index in [0.29, 0.717) is 33.0 Å². The topological polar surface area (TPSA) is 94.8 Å². The van der Waals surface area contributed by atoms with Crippen LogP contribution >= 0.6 is 27.5 Å². The summed E-state index contributed by atoms with van der Waals surface area (Å²) in [5.41, 5.74) is 0.836. The molecule has 0 aliphatic heterocycles. The average molecular weight is 574 g/mol. The fourth-order valence-corrected chi connectivity index (χ4v) is 3.99. The third-order valence-corrected chi connectivity index (χ3v) is 5.72. The van der Waals surface area contributed by atoms with Crippen LogP contribution in [0.25, 0.3) is 10.9 Å². The minimum absolute atomic E-state index is 0.183. The summed E-state index contributed by atoms with van der Waals surface area (Å²) in [7, 11) is 1.42. The molecular formula is C25H19BrClFN4O4. The zero-order valence-corrected chi connectivity index (χ0v) is 21.4. The first-order chi connectivity index (χ1) is 17.2. The number of aromatic nitrogens is 2. The Kier molecular flexibility index (Phi) is 7.66. The second kappa shape index (κ2) is 10.9. The molecule has 0 aliphatic rings. The number of methoxy groups -OCH3 is 1. The Bertz CT molecular complexity index is 1560. The lowest BCUT2D eigenvalue weighted by atomic mass is 10.2. The minimum atomic E-state index is -0.517. The Morgan fingerprint density at radius 1 is 1.25 bits per heavy atom. The number of hydrogen-bond donors (Lipinski definition) is 1. The molecule has 0 saturated heterocycles. The van der Waals surface area contributed by atoms with E-state index < -0.39 is 18.3 Å². The van der Waals surface area contributed by atoms with Gasteiger partial charge in [0.2, 0.25) is 0 Å². The van der Waals surface area contributed by atoms with Gasteiger partial charge in [0, 0.05) is 26.8 Å². The molecule has 0 unspecified atom stereocenters. The van der Waals surface area contributed by atoms with Gasteiger partial charge in [0.25, 0.3) is 11.5 Å². The molecule has 0 aliphatic carbocycles. The highest BCUT2D eigenvalue weighted by molar-refractivity contribution is 9.10. The lowest BCUT2D eigenvalue weighted by Crippen LogP contribution is -2.21. The third-order valence-electron chi connectivity index (χ3n) is 5.01. The zero-order valence-electron chi connectivity index (χ0n) is 19.1. The second-order valence-corrected chi connectivity index (χ2v) is 8.91. The number of nitrogens with one attached hydrogen (secondary N) is 1. The van der Waals surface area contributed by atoms with Crippen LogP contribution < -0.4 is 20.3 Å². The number of hydrogen-bond acceptors (Lipinski definition) is 6. The van der Waals surface area contributed by atoms with Gasteiger partial charge < -0.3 is 14.8 Å². The molecule has 1 heterocycles. The SMILES string of the molecule is COc1cc(Cl)cc(C=Nn2c(C)nc3ccc(Br)cc3c2=O)c1OCC(=O)Nc1cccc(F)c1. The van der Waals surface area contributed by atoms with Crippen LogP contribution in [0.2, 0.25) is 5.02 Å². The highest BCUT2D eigenvalue weighted by atomic mass is 79.9. The van der Waals surface area contributed by atoms with E-state index in [1.807, 2.05) is 0 Å². The predicted molar refractivity (Wildman–Crippen MR) is 140 cm³/mol. The molecule has 1 amide bonds. The molecule has 0 spiro atoms. The first-order valence-corrected chi connectivity index (χ1v) is 11.7. The number of aryl methyl sites for hydroxylation is 1. The molecule has 4 rings (SSSR count). The van der Waals surface area contributed by atoms with Gasteiger partial charge in [0.1, 0.15) is 11.6 Å². The summed E-state index contributed by atoms with van der Waals surface area (Å²) in [6.07, 6.45) is 1.37. The van der Waals surface area contributed by atoms with Crippen molar-refractivity contribution in [2.75, 3.05) is 19.0 Å². The third kappa shape index (κ3) is 5.72. The first kappa shape index (κ1) is 25.3. The summed E-state index contributed by atoms with van der Waals surface area (Å²) < 4.78 is 26.4. The van der Waals surface area contributed by atoms with Crippen molar-refractivity contribution in [3.05, 3.63) is 91.7 Å². The molecule has 0 radical (unpaired) electrons. The molecule has 36 heavy (non-hydrogen) atoms. The van der Waals surface area contributed by atoms with Crippen molar-refractivity contribution in [1.82, 2.24) is 9.66 Å². The molecule has 8 nitrogen and oxygen atoms in total. The lowest BCUT2D eigenvalue weighted by molar-refractivity contribution is -0.118. The molecule has 3 aromatic carbocycles. The molecular weight excluding hydrogens is 555 g/mol. The number of benzene rings is 3. The molecule has 0 saturated carbocycles. The Morgan fingerprint density at radius 2 is 2.06 bits per heavy atom. The van der Waals surface area contributed by atoms with E-state index in [4.69, 9.17) is 21.1 Å². The number of ether oxygens (including phenoxy) is 2. The van der Waals surface area contributed by atoms with Gasteiger partial charge >= 0.3 is 0 Å². The van der Waals surface area contributed by atoms with Crippen molar-refractivity contribution in [2.24, 2.45) is 5.10 Å². The molecule has 11 heteroatoms. The number of amides is 1. The van der Waals surface area contributed by atoms with Crippen molar-refractivity contribution < 1.29 is 18.7 Å². The standard InChI is InChI=1S/C25H19BrClFN4O4/c1-14-30-21-7-6-16(26)9-20(21)25(34)32(14)29-12-15-8-17(27)10-22(35-2)24(15)36-13-23(33)31-19-5-3-4-18(28)11-19/h3-12H,13H2,1-2H3,(H,31,33). The van der Waals surface area contributed by atoms with Gasteiger partial charge in [0.15, 0.2) is 18.1 Å². The van der Waals surface area contributed by atoms with Gasteiger partial charge in [-0.05, 0) is 49.4 Å². The smallest absolute Gasteiger partial charge is 0.282 e. The van der Waals surface area contributed by atoms with Gasteiger partial charge in [-0.2, -0.15) is 9.78 Å². The van der Waals surface area contributed by atoms with Gasteiger partial charge in [-0.15, -0.1) is 0 Å². The van der Waals surface area contributed by atoms with Crippen LogP contribution in [0.15, 0.2) is 69.0 Å². The molecule has 4 aromatic rings. The van der Waals surface area contributed by atoms with Crippen molar-refractivity contribution in [3.8, 4) is 11.5 Å². The summed E-state index contributed by atoms with van der Waals surface area (Å²) in [5, 5.41) is 7.57. The van der Waals surface area contributed by atoms with Crippen molar-refractivity contribution in [1.29, 1.82) is 0 Å². The van der Waals surface area contributed by atoms with E-state index in [1.165, 1.54) is 37.6 Å².